The van der Waals surface area contributed by atoms with Gasteiger partial charge >= 0.3 is 5.97 Å². The molecule has 1 aromatic heterocycles. The number of amides is 1. The quantitative estimate of drug-likeness (QED) is 0.772. The minimum Gasteiger partial charge on any atom is -0.465 e. The molecule has 1 aromatic carbocycles. The molecule has 1 saturated carbocycles. The van der Waals surface area contributed by atoms with Crippen LogP contribution in [0.15, 0.2) is 36.4 Å². The van der Waals surface area contributed by atoms with Crippen molar-refractivity contribution in [2.75, 3.05) is 7.11 Å². The van der Waals surface area contributed by atoms with Gasteiger partial charge in [0.2, 0.25) is 0 Å². The molecule has 0 spiro atoms. The second-order valence-corrected chi connectivity index (χ2v) is 7.79. The number of carbonyl (C=O) groups excluding carboxylic acids is 2. The van der Waals surface area contributed by atoms with E-state index in [9.17, 15) is 9.59 Å². The minimum atomic E-state index is -0.384. The SMILES string of the molecule is COC(=O)c1ccc(C(=O)N(C2CC2)C2CCCc3ccccc32)s1. The van der Waals surface area contributed by atoms with Gasteiger partial charge in [0.25, 0.3) is 5.91 Å². The summed E-state index contributed by atoms with van der Waals surface area (Å²) in [6.45, 7) is 0. The Morgan fingerprint density at radius 1 is 1.08 bits per heavy atom. The summed E-state index contributed by atoms with van der Waals surface area (Å²) in [6, 6.07) is 12.4. The zero-order chi connectivity index (χ0) is 17.4. The van der Waals surface area contributed by atoms with Gasteiger partial charge in [0.1, 0.15) is 4.88 Å². The van der Waals surface area contributed by atoms with Crippen molar-refractivity contribution in [3.05, 3.63) is 57.3 Å². The summed E-state index contributed by atoms with van der Waals surface area (Å²) in [5.74, 6) is -0.339. The molecule has 2 aliphatic carbocycles. The molecule has 1 atom stereocenters. The van der Waals surface area contributed by atoms with Crippen molar-refractivity contribution in [1.29, 1.82) is 0 Å². The maximum Gasteiger partial charge on any atom is 0.348 e. The normalized spacial score (nSPS) is 19.2. The first kappa shape index (κ1) is 16.3. The summed E-state index contributed by atoms with van der Waals surface area (Å²) in [5, 5.41) is 0. The Morgan fingerprint density at radius 2 is 1.84 bits per heavy atom. The highest BCUT2D eigenvalue weighted by Gasteiger charge is 2.40. The lowest BCUT2D eigenvalue weighted by molar-refractivity contribution is 0.0605. The fourth-order valence-corrected chi connectivity index (χ4v) is 4.59. The summed E-state index contributed by atoms with van der Waals surface area (Å²) in [6.07, 6.45) is 5.34. The molecule has 4 nitrogen and oxygen atoms in total. The monoisotopic (exact) mass is 355 g/mol. The fraction of sp³-hybridized carbons (Fsp3) is 0.400. The van der Waals surface area contributed by atoms with Crippen LogP contribution in [-0.4, -0.2) is 29.9 Å². The summed E-state index contributed by atoms with van der Waals surface area (Å²) in [7, 11) is 1.36. The second-order valence-electron chi connectivity index (χ2n) is 6.71. The molecule has 4 rings (SSSR count). The molecule has 0 aliphatic heterocycles. The minimum absolute atomic E-state index is 0.0457. The smallest absolute Gasteiger partial charge is 0.348 e. The fourth-order valence-electron chi connectivity index (χ4n) is 3.72. The zero-order valence-electron chi connectivity index (χ0n) is 14.2. The van der Waals surface area contributed by atoms with Gasteiger partial charge in [-0.15, -0.1) is 11.3 Å². The molecule has 5 heteroatoms. The number of hydrogen-bond donors (Lipinski definition) is 0. The Balaban J connectivity index is 1.65. The van der Waals surface area contributed by atoms with Crippen LogP contribution in [0.5, 0.6) is 0 Å². The van der Waals surface area contributed by atoms with Gasteiger partial charge in [0.15, 0.2) is 0 Å². The van der Waals surface area contributed by atoms with Crippen LogP contribution in [0.25, 0.3) is 0 Å². The first-order valence-electron chi connectivity index (χ1n) is 8.77. The molecule has 0 saturated heterocycles. The summed E-state index contributed by atoms with van der Waals surface area (Å²) < 4.78 is 4.76. The van der Waals surface area contributed by atoms with E-state index in [0.29, 0.717) is 15.8 Å². The van der Waals surface area contributed by atoms with Gasteiger partial charge in [-0.2, -0.15) is 0 Å². The topological polar surface area (TPSA) is 46.6 Å². The van der Waals surface area contributed by atoms with E-state index in [-0.39, 0.29) is 17.9 Å². The van der Waals surface area contributed by atoms with E-state index in [1.165, 1.54) is 29.6 Å². The zero-order valence-corrected chi connectivity index (χ0v) is 15.1. The third-order valence-corrected chi connectivity index (χ3v) is 6.10. The largest absolute Gasteiger partial charge is 0.465 e. The number of ether oxygens (including phenoxy) is 1. The number of thiophene rings is 1. The average Bonchev–Trinajstić information content (AvgIpc) is 3.35. The number of benzene rings is 1. The predicted molar refractivity (Wildman–Crippen MR) is 97.0 cm³/mol. The van der Waals surface area contributed by atoms with Crippen molar-refractivity contribution in [1.82, 2.24) is 4.90 Å². The molecule has 2 aliphatic rings. The van der Waals surface area contributed by atoms with Gasteiger partial charge < -0.3 is 9.64 Å². The van der Waals surface area contributed by atoms with E-state index in [0.717, 1.165) is 32.1 Å². The highest BCUT2D eigenvalue weighted by Crippen LogP contribution is 2.42. The number of fused-ring (bicyclic) bond motifs is 1. The van der Waals surface area contributed by atoms with Crippen LogP contribution in [-0.2, 0) is 11.2 Å². The average molecular weight is 355 g/mol. The molecule has 0 radical (unpaired) electrons. The van der Waals surface area contributed by atoms with Crippen LogP contribution < -0.4 is 0 Å². The van der Waals surface area contributed by atoms with Crippen molar-refractivity contribution >= 4 is 23.2 Å². The van der Waals surface area contributed by atoms with E-state index in [4.69, 9.17) is 4.74 Å². The Bertz CT molecular complexity index is 809. The maximum atomic E-state index is 13.2. The molecule has 2 aromatic rings. The van der Waals surface area contributed by atoms with Gasteiger partial charge in [-0.3, -0.25) is 4.79 Å². The summed E-state index contributed by atoms with van der Waals surface area (Å²) in [5.41, 5.74) is 2.65. The second kappa shape index (κ2) is 6.64. The number of carbonyl (C=O) groups is 2. The van der Waals surface area contributed by atoms with Crippen molar-refractivity contribution in [2.45, 2.75) is 44.2 Å². The Kier molecular flexibility index (Phi) is 4.34. The predicted octanol–water partition coefficient (Wildman–Crippen LogP) is 4.22. The molecule has 1 fully saturated rings. The van der Waals surface area contributed by atoms with Crippen LogP contribution in [0.1, 0.15) is 62.2 Å². The maximum absolute atomic E-state index is 13.2. The van der Waals surface area contributed by atoms with Gasteiger partial charge in [0, 0.05) is 6.04 Å². The number of rotatable bonds is 4. The van der Waals surface area contributed by atoms with Crippen molar-refractivity contribution < 1.29 is 14.3 Å². The Hall–Kier alpha value is -2.14. The Morgan fingerprint density at radius 3 is 2.60 bits per heavy atom. The number of hydrogen-bond acceptors (Lipinski definition) is 4. The van der Waals surface area contributed by atoms with Crippen LogP contribution in [0.2, 0.25) is 0 Å². The Labute approximate surface area is 151 Å². The molecule has 0 bridgehead atoms. The van der Waals surface area contributed by atoms with E-state index in [1.54, 1.807) is 12.1 Å². The lowest BCUT2D eigenvalue weighted by Crippen LogP contribution is -2.38. The van der Waals surface area contributed by atoms with Crippen LogP contribution in [0, 0.1) is 0 Å². The van der Waals surface area contributed by atoms with Crippen molar-refractivity contribution in [3.63, 3.8) is 0 Å². The van der Waals surface area contributed by atoms with Gasteiger partial charge in [-0.25, -0.2) is 4.79 Å². The lowest BCUT2D eigenvalue weighted by Gasteiger charge is -2.36. The number of nitrogens with zero attached hydrogens (tertiary/aromatic N) is 1. The number of esters is 1. The highest BCUT2D eigenvalue weighted by molar-refractivity contribution is 7.15. The molecule has 130 valence electrons. The molecular formula is C20H21NO3S. The van der Waals surface area contributed by atoms with E-state index >= 15 is 0 Å². The molecule has 1 heterocycles. The van der Waals surface area contributed by atoms with Gasteiger partial charge in [0.05, 0.1) is 18.0 Å². The lowest BCUT2D eigenvalue weighted by atomic mass is 9.86. The summed E-state index contributed by atoms with van der Waals surface area (Å²) in [4.78, 5) is 28.1. The molecule has 25 heavy (non-hydrogen) atoms. The van der Waals surface area contributed by atoms with Crippen LogP contribution in [0.3, 0.4) is 0 Å². The molecular weight excluding hydrogens is 334 g/mol. The van der Waals surface area contributed by atoms with E-state index < -0.39 is 0 Å². The van der Waals surface area contributed by atoms with E-state index in [2.05, 4.69) is 29.2 Å². The summed E-state index contributed by atoms with van der Waals surface area (Å²) >= 11 is 1.23. The third-order valence-electron chi connectivity index (χ3n) is 5.05. The van der Waals surface area contributed by atoms with Crippen LogP contribution in [0.4, 0.5) is 0 Å². The van der Waals surface area contributed by atoms with Crippen molar-refractivity contribution in [2.24, 2.45) is 0 Å². The van der Waals surface area contributed by atoms with Gasteiger partial charge in [-0.1, -0.05) is 24.3 Å². The molecule has 1 unspecified atom stereocenters. The third kappa shape index (κ3) is 3.09. The first-order chi connectivity index (χ1) is 12.2. The number of aryl methyl sites for hydroxylation is 1. The van der Waals surface area contributed by atoms with Gasteiger partial charge in [-0.05, 0) is 55.4 Å². The molecule has 0 N–H and O–H groups in total. The van der Waals surface area contributed by atoms with E-state index in [1.807, 2.05) is 0 Å². The standard InChI is InChI=1S/C20H21NO3S/c1-24-20(23)18-12-11-17(25-18)19(22)21(14-9-10-14)16-8-4-6-13-5-2-3-7-15(13)16/h2-3,5,7,11-12,14,16H,4,6,8-10H2,1H3. The highest BCUT2D eigenvalue weighted by atomic mass is 32.1. The molecule has 1 amide bonds. The number of methoxy groups -OCH3 is 1. The van der Waals surface area contributed by atoms with Crippen LogP contribution >= 0.6 is 11.3 Å². The first-order valence-corrected chi connectivity index (χ1v) is 9.59. The van der Waals surface area contributed by atoms with Crippen molar-refractivity contribution in [3.8, 4) is 0 Å².